The molecule has 1 aromatic heterocycles. The Morgan fingerprint density at radius 3 is 3.00 bits per heavy atom. The van der Waals surface area contributed by atoms with Crippen molar-refractivity contribution < 1.29 is 9.21 Å². The van der Waals surface area contributed by atoms with Crippen LogP contribution in [0.4, 0.5) is 5.88 Å². The van der Waals surface area contributed by atoms with E-state index >= 15 is 0 Å². The van der Waals surface area contributed by atoms with Crippen LogP contribution < -0.4 is 10.2 Å². The third-order valence-corrected chi connectivity index (χ3v) is 2.58. The van der Waals surface area contributed by atoms with E-state index in [1.54, 1.807) is 17.0 Å². The Hall–Kier alpha value is -0.810. The molecular weight excluding hydrogens is 248 g/mol. The van der Waals surface area contributed by atoms with Crippen LogP contribution in [0.15, 0.2) is 21.2 Å². The normalized spacial score (nSPS) is 18.4. The summed E-state index contributed by atoms with van der Waals surface area (Å²) in [6.45, 7) is 2.22. The van der Waals surface area contributed by atoms with E-state index in [0.29, 0.717) is 23.5 Å². The number of halogens is 1. The topological polar surface area (TPSA) is 45.5 Å². The van der Waals surface area contributed by atoms with E-state index in [-0.39, 0.29) is 5.91 Å². The number of hydrogen-bond acceptors (Lipinski definition) is 3. The van der Waals surface area contributed by atoms with Gasteiger partial charge in [0.25, 0.3) is 0 Å². The van der Waals surface area contributed by atoms with E-state index in [0.717, 1.165) is 13.1 Å². The van der Waals surface area contributed by atoms with Crippen molar-refractivity contribution in [1.82, 2.24) is 5.32 Å². The molecule has 2 rings (SSSR count). The van der Waals surface area contributed by atoms with Crippen molar-refractivity contribution in [3.63, 3.8) is 0 Å². The summed E-state index contributed by atoms with van der Waals surface area (Å²) in [5.74, 6) is 0.724. The Kier molecular flexibility index (Phi) is 2.88. The van der Waals surface area contributed by atoms with Crippen molar-refractivity contribution in [3.05, 3.63) is 16.8 Å². The minimum atomic E-state index is 0.108. The summed E-state index contributed by atoms with van der Waals surface area (Å²) in [6, 6.07) is 3.59. The van der Waals surface area contributed by atoms with Gasteiger partial charge in [-0.3, -0.25) is 9.69 Å². The maximum atomic E-state index is 11.6. The molecule has 0 bridgehead atoms. The highest BCUT2D eigenvalue weighted by atomic mass is 79.9. The summed E-state index contributed by atoms with van der Waals surface area (Å²) in [4.78, 5) is 13.3. The van der Waals surface area contributed by atoms with Gasteiger partial charge in [0, 0.05) is 32.1 Å². The second-order valence-electron chi connectivity index (χ2n) is 3.12. The first-order valence-electron chi connectivity index (χ1n) is 4.54. The molecule has 0 unspecified atom stereocenters. The third-order valence-electron chi connectivity index (χ3n) is 2.15. The zero-order valence-corrected chi connectivity index (χ0v) is 9.21. The lowest BCUT2D eigenvalue weighted by Crippen LogP contribution is -2.31. The van der Waals surface area contributed by atoms with E-state index in [2.05, 4.69) is 21.2 Å². The third kappa shape index (κ3) is 1.99. The van der Waals surface area contributed by atoms with Crippen LogP contribution in [0, 0.1) is 0 Å². The number of anilines is 1. The molecule has 1 N–H and O–H groups in total. The van der Waals surface area contributed by atoms with Crippen LogP contribution in [0.1, 0.15) is 6.42 Å². The minimum absolute atomic E-state index is 0.108. The second kappa shape index (κ2) is 4.14. The summed E-state index contributed by atoms with van der Waals surface area (Å²) in [7, 11) is 0. The van der Waals surface area contributed by atoms with Gasteiger partial charge in [-0.25, -0.2) is 0 Å². The molecule has 0 atom stereocenters. The Morgan fingerprint density at radius 2 is 2.29 bits per heavy atom. The minimum Gasteiger partial charge on any atom is -0.433 e. The summed E-state index contributed by atoms with van der Waals surface area (Å²) < 4.78 is 5.99. The fourth-order valence-electron chi connectivity index (χ4n) is 1.45. The smallest absolute Gasteiger partial charge is 0.230 e. The summed E-state index contributed by atoms with van der Waals surface area (Å²) >= 11 is 3.22. The van der Waals surface area contributed by atoms with Gasteiger partial charge >= 0.3 is 0 Å². The van der Waals surface area contributed by atoms with Crippen LogP contribution in [-0.4, -0.2) is 25.5 Å². The maximum absolute atomic E-state index is 11.6. The van der Waals surface area contributed by atoms with E-state index < -0.39 is 0 Å². The molecule has 0 saturated carbocycles. The number of carbonyl (C=O) groups is 1. The van der Waals surface area contributed by atoms with E-state index in [9.17, 15) is 4.79 Å². The lowest BCUT2D eigenvalue weighted by Gasteiger charge is -2.16. The highest BCUT2D eigenvalue weighted by molar-refractivity contribution is 9.10. The molecule has 1 aliphatic heterocycles. The number of carbonyl (C=O) groups excluding carboxylic acids is 1. The molecule has 0 spiro atoms. The van der Waals surface area contributed by atoms with Gasteiger partial charge in [-0.05, 0) is 22.0 Å². The van der Waals surface area contributed by atoms with Crippen LogP contribution >= 0.6 is 15.9 Å². The van der Waals surface area contributed by atoms with Gasteiger partial charge in [-0.1, -0.05) is 0 Å². The van der Waals surface area contributed by atoms with E-state index in [1.807, 2.05) is 0 Å². The first-order valence-corrected chi connectivity index (χ1v) is 5.33. The second-order valence-corrected chi connectivity index (χ2v) is 3.90. The van der Waals surface area contributed by atoms with Crippen LogP contribution in [0.25, 0.3) is 0 Å². The largest absolute Gasteiger partial charge is 0.433 e. The number of hydrogen-bond donors (Lipinski definition) is 1. The summed E-state index contributed by atoms with van der Waals surface area (Å²) in [5, 5.41) is 3.17. The zero-order valence-electron chi connectivity index (χ0n) is 7.62. The average molecular weight is 259 g/mol. The Bertz CT molecular complexity index is 337. The van der Waals surface area contributed by atoms with Crippen LogP contribution in [-0.2, 0) is 4.79 Å². The van der Waals surface area contributed by atoms with Crippen LogP contribution in [0.3, 0.4) is 0 Å². The molecule has 0 radical (unpaired) electrons. The maximum Gasteiger partial charge on any atom is 0.230 e. The SMILES string of the molecule is O=C1CCNCCN1c1ccc(Br)o1. The molecule has 76 valence electrons. The van der Waals surface area contributed by atoms with Gasteiger partial charge in [0.05, 0.1) is 0 Å². The first-order chi connectivity index (χ1) is 6.77. The molecular formula is C9H11BrN2O2. The molecule has 1 aromatic rings. The standard InChI is InChI=1S/C9H11BrN2O2/c10-7-1-2-9(14-7)12-6-5-11-4-3-8(12)13/h1-2,11H,3-6H2. The molecule has 0 aromatic carbocycles. The average Bonchev–Trinajstić information content (AvgIpc) is 2.46. The predicted molar refractivity (Wildman–Crippen MR) is 56.2 cm³/mol. The number of furan rings is 1. The lowest BCUT2D eigenvalue weighted by molar-refractivity contribution is -0.118. The van der Waals surface area contributed by atoms with Crippen molar-refractivity contribution >= 4 is 27.7 Å². The van der Waals surface area contributed by atoms with E-state index in [1.165, 1.54) is 0 Å². The fraction of sp³-hybridized carbons (Fsp3) is 0.444. The number of rotatable bonds is 1. The summed E-state index contributed by atoms with van der Waals surface area (Å²) in [6.07, 6.45) is 0.526. The molecule has 1 fully saturated rings. The molecule has 2 heterocycles. The van der Waals surface area contributed by atoms with Crippen molar-refractivity contribution in [2.24, 2.45) is 0 Å². The Labute approximate surface area is 90.4 Å². The van der Waals surface area contributed by atoms with Gasteiger partial charge in [0.15, 0.2) is 4.67 Å². The molecule has 1 saturated heterocycles. The van der Waals surface area contributed by atoms with Gasteiger partial charge in [0.1, 0.15) is 0 Å². The zero-order chi connectivity index (χ0) is 9.97. The van der Waals surface area contributed by atoms with Crippen molar-refractivity contribution in [3.8, 4) is 0 Å². The molecule has 14 heavy (non-hydrogen) atoms. The molecule has 5 heteroatoms. The molecule has 1 aliphatic rings. The van der Waals surface area contributed by atoms with Gasteiger partial charge in [0.2, 0.25) is 11.8 Å². The van der Waals surface area contributed by atoms with Crippen molar-refractivity contribution in [2.75, 3.05) is 24.5 Å². The first kappa shape index (κ1) is 9.73. The van der Waals surface area contributed by atoms with Crippen LogP contribution in [0.2, 0.25) is 0 Å². The highest BCUT2D eigenvalue weighted by Crippen LogP contribution is 2.23. The van der Waals surface area contributed by atoms with Crippen molar-refractivity contribution in [2.45, 2.75) is 6.42 Å². The Balaban J connectivity index is 2.18. The Morgan fingerprint density at radius 1 is 1.43 bits per heavy atom. The molecule has 1 amide bonds. The van der Waals surface area contributed by atoms with Crippen LogP contribution in [0.5, 0.6) is 0 Å². The highest BCUT2D eigenvalue weighted by Gasteiger charge is 2.20. The summed E-state index contributed by atoms with van der Waals surface area (Å²) in [5.41, 5.74) is 0. The number of amides is 1. The predicted octanol–water partition coefficient (Wildman–Crippen LogP) is 1.37. The van der Waals surface area contributed by atoms with E-state index in [4.69, 9.17) is 4.42 Å². The van der Waals surface area contributed by atoms with Crippen molar-refractivity contribution in [1.29, 1.82) is 0 Å². The molecule has 4 nitrogen and oxygen atoms in total. The monoisotopic (exact) mass is 258 g/mol. The fourth-order valence-corrected chi connectivity index (χ4v) is 1.75. The van der Waals surface area contributed by atoms with Gasteiger partial charge in [-0.15, -0.1) is 0 Å². The number of nitrogens with one attached hydrogen (secondary N) is 1. The molecule has 0 aliphatic carbocycles. The van der Waals surface area contributed by atoms with Gasteiger partial charge < -0.3 is 9.73 Å². The quantitative estimate of drug-likeness (QED) is 0.828. The van der Waals surface area contributed by atoms with Gasteiger partial charge in [-0.2, -0.15) is 0 Å². The lowest BCUT2D eigenvalue weighted by atomic mass is 10.4. The number of nitrogens with zero attached hydrogens (tertiary/aromatic N) is 1.